The normalized spacial score (nSPS) is 11.0. The third kappa shape index (κ3) is 4.94. The number of carbonyl (C=O) groups excluding carboxylic acids is 1. The van der Waals surface area contributed by atoms with Gasteiger partial charge in [-0.3, -0.25) is 9.52 Å². The Morgan fingerprint density at radius 1 is 1.26 bits per heavy atom. The zero-order valence-electron chi connectivity index (χ0n) is 12.3. The van der Waals surface area contributed by atoms with E-state index >= 15 is 0 Å². The van der Waals surface area contributed by atoms with Crippen LogP contribution in [0.25, 0.3) is 0 Å². The first-order valence-electron chi connectivity index (χ1n) is 6.80. The van der Waals surface area contributed by atoms with Crippen LogP contribution in [-0.2, 0) is 26.0 Å². The molecule has 1 aromatic carbocycles. The van der Waals surface area contributed by atoms with E-state index in [9.17, 15) is 13.2 Å². The molecule has 0 saturated carbocycles. The predicted molar refractivity (Wildman–Crippen MR) is 86.8 cm³/mol. The van der Waals surface area contributed by atoms with Crippen LogP contribution in [0, 0.1) is 0 Å². The lowest BCUT2D eigenvalue weighted by molar-refractivity contribution is -0.142. The first-order chi connectivity index (χ1) is 10.9. The van der Waals surface area contributed by atoms with E-state index < -0.39 is 16.0 Å². The van der Waals surface area contributed by atoms with Gasteiger partial charge in [-0.05, 0) is 37.3 Å². The number of aromatic nitrogens is 1. The van der Waals surface area contributed by atoms with Crippen molar-refractivity contribution in [2.75, 3.05) is 11.3 Å². The van der Waals surface area contributed by atoms with Crippen LogP contribution in [0.5, 0.6) is 0 Å². The first-order valence-corrected chi connectivity index (χ1v) is 8.67. The van der Waals surface area contributed by atoms with E-state index in [1.165, 1.54) is 18.2 Å². The largest absolute Gasteiger partial charge is 0.466 e. The molecule has 122 valence electrons. The minimum absolute atomic E-state index is 0.0272. The Labute approximate surface area is 139 Å². The van der Waals surface area contributed by atoms with Crippen LogP contribution < -0.4 is 4.72 Å². The predicted octanol–water partition coefficient (Wildman–Crippen LogP) is 2.64. The van der Waals surface area contributed by atoms with E-state index in [2.05, 4.69) is 9.71 Å². The molecule has 0 bridgehead atoms. The average molecular weight is 355 g/mol. The average Bonchev–Trinajstić information content (AvgIpc) is 2.47. The summed E-state index contributed by atoms with van der Waals surface area (Å²) in [6, 6.07) is 10.6. The lowest BCUT2D eigenvalue weighted by Gasteiger charge is -2.09. The highest BCUT2D eigenvalue weighted by molar-refractivity contribution is 7.92. The van der Waals surface area contributed by atoms with Crippen molar-refractivity contribution in [2.24, 2.45) is 0 Å². The van der Waals surface area contributed by atoms with Gasteiger partial charge in [0.25, 0.3) is 10.0 Å². The number of carbonyl (C=O) groups is 1. The van der Waals surface area contributed by atoms with E-state index in [1.807, 2.05) is 0 Å². The van der Waals surface area contributed by atoms with E-state index in [1.54, 1.807) is 31.2 Å². The number of pyridine rings is 1. The minimum atomic E-state index is -3.80. The Hall–Kier alpha value is -2.12. The molecule has 1 N–H and O–H groups in total. The van der Waals surface area contributed by atoms with Gasteiger partial charge in [-0.15, -0.1) is 0 Å². The van der Waals surface area contributed by atoms with Crippen LogP contribution in [-0.4, -0.2) is 26.0 Å². The number of benzene rings is 1. The Bertz CT molecular complexity index is 809. The fourth-order valence-corrected chi connectivity index (χ4v) is 3.13. The van der Waals surface area contributed by atoms with Crippen LogP contribution in [0.3, 0.4) is 0 Å². The molecular formula is C15H15ClN2O4S. The number of rotatable bonds is 6. The van der Waals surface area contributed by atoms with Crippen molar-refractivity contribution < 1.29 is 17.9 Å². The van der Waals surface area contributed by atoms with E-state index in [0.29, 0.717) is 10.7 Å². The van der Waals surface area contributed by atoms with Gasteiger partial charge in [0.05, 0.1) is 23.6 Å². The molecule has 0 aliphatic heterocycles. The maximum Gasteiger partial charge on any atom is 0.311 e. The summed E-state index contributed by atoms with van der Waals surface area (Å²) in [5.41, 5.74) is 0.412. The van der Waals surface area contributed by atoms with Gasteiger partial charge in [0.15, 0.2) is 0 Å². The van der Waals surface area contributed by atoms with Crippen molar-refractivity contribution in [2.45, 2.75) is 18.2 Å². The number of sulfonamides is 1. The molecule has 1 aromatic heterocycles. The summed E-state index contributed by atoms with van der Waals surface area (Å²) in [6.07, 6.45) is -0.0272. The molecule has 2 rings (SSSR count). The molecule has 8 heteroatoms. The molecule has 0 saturated heterocycles. The summed E-state index contributed by atoms with van der Waals surface area (Å²) >= 11 is 5.81. The van der Waals surface area contributed by atoms with Crippen molar-refractivity contribution in [3.8, 4) is 0 Å². The molecule has 2 aromatic rings. The number of nitrogens with one attached hydrogen (secondary N) is 1. The summed E-state index contributed by atoms with van der Waals surface area (Å²) in [5, 5.41) is 0.317. The van der Waals surface area contributed by atoms with Crippen molar-refractivity contribution in [1.82, 2.24) is 4.98 Å². The molecule has 6 nitrogen and oxygen atoms in total. The molecule has 0 unspecified atom stereocenters. The highest BCUT2D eigenvalue weighted by atomic mass is 35.5. The number of anilines is 1. The molecule has 0 radical (unpaired) electrons. The zero-order valence-corrected chi connectivity index (χ0v) is 13.9. The van der Waals surface area contributed by atoms with Crippen LogP contribution >= 0.6 is 11.6 Å². The quantitative estimate of drug-likeness (QED) is 0.806. The van der Waals surface area contributed by atoms with Gasteiger partial charge in [0.1, 0.15) is 5.82 Å². The summed E-state index contributed by atoms with van der Waals surface area (Å²) in [7, 11) is -3.80. The third-order valence-electron chi connectivity index (χ3n) is 2.78. The molecule has 0 aliphatic rings. The maximum absolute atomic E-state index is 12.3. The maximum atomic E-state index is 12.3. The summed E-state index contributed by atoms with van der Waals surface area (Å²) < 4.78 is 31.8. The molecular weight excluding hydrogens is 340 g/mol. The van der Waals surface area contributed by atoms with Crippen molar-refractivity contribution in [1.29, 1.82) is 0 Å². The standard InChI is InChI=1S/C15H15ClN2O4S/c1-2-22-15(19)10-12-6-4-8-14(17-12)18-23(20,21)13-7-3-5-11(16)9-13/h3-9H,2,10H2,1H3,(H,17,18). The molecule has 0 atom stereocenters. The second kappa shape index (κ2) is 7.43. The third-order valence-corrected chi connectivity index (χ3v) is 4.37. The van der Waals surface area contributed by atoms with E-state index in [0.717, 1.165) is 0 Å². The van der Waals surface area contributed by atoms with E-state index in [-0.39, 0.29) is 23.7 Å². The molecule has 23 heavy (non-hydrogen) atoms. The van der Waals surface area contributed by atoms with Crippen molar-refractivity contribution >= 4 is 33.4 Å². The smallest absolute Gasteiger partial charge is 0.311 e. The molecule has 1 heterocycles. The summed E-state index contributed by atoms with van der Waals surface area (Å²) in [5.74, 6) is -0.304. The molecule has 0 spiro atoms. The van der Waals surface area contributed by atoms with Crippen LogP contribution in [0.1, 0.15) is 12.6 Å². The van der Waals surface area contributed by atoms with Gasteiger partial charge in [-0.1, -0.05) is 23.7 Å². The zero-order chi connectivity index (χ0) is 16.9. The van der Waals surface area contributed by atoms with Gasteiger partial charge in [0, 0.05) is 5.02 Å². The highest BCUT2D eigenvalue weighted by Gasteiger charge is 2.15. The lowest BCUT2D eigenvalue weighted by atomic mass is 10.3. The second-order valence-corrected chi connectivity index (χ2v) is 6.68. The fraction of sp³-hybridized carbons (Fsp3) is 0.200. The number of ether oxygens (including phenoxy) is 1. The topological polar surface area (TPSA) is 85.4 Å². The fourth-order valence-electron chi connectivity index (χ4n) is 1.83. The van der Waals surface area contributed by atoms with Crippen LogP contribution in [0.4, 0.5) is 5.82 Å². The van der Waals surface area contributed by atoms with Gasteiger partial charge in [-0.2, -0.15) is 0 Å². The first kappa shape index (κ1) is 17.2. The number of nitrogens with zero attached hydrogens (tertiary/aromatic N) is 1. The summed E-state index contributed by atoms with van der Waals surface area (Å²) in [4.78, 5) is 15.6. The van der Waals surface area contributed by atoms with E-state index in [4.69, 9.17) is 16.3 Å². The Kier molecular flexibility index (Phi) is 5.57. The SMILES string of the molecule is CCOC(=O)Cc1cccc(NS(=O)(=O)c2cccc(Cl)c2)n1. The van der Waals surface area contributed by atoms with Crippen LogP contribution in [0.2, 0.25) is 5.02 Å². The minimum Gasteiger partial charge on any atom is -0.466 e. The monoisotopic (exact) mass is 354 g/mol. The number of hydrogen-bond acceptors (Lipinski definition) is 5. The summed E-state index contributed by atoms with van der Waals surface area (Å²) in [6.45, 7) is 1.99. The van der Waals surface area contributed by atoms with Crippen molar-refractivity contribution in [3.05, 3.63) is 53.2 Å². The molecule has 0 fully saturated rings. The lowest BCUT2D eigenvalue weighted by Crippen LogP contribution is -2.15. The number of halogens is 1. The number of hydrogen-bond donors (Lipinski definition) is 1. The second-order valence-electron chi connectivity index (χ2n) is 4.56. The highest BCUT2D eigenvalue weighted by Crippen LogP contribution is 2.18. The number of esters is 1. The Morgan fingerprint density at radius 2 is 2.00 bits per heavy atom. The molecule has 0 aliphatic carbocycles. The van der Waals surface area contributed by atoms with Gasteiger partial charge < -0.3 is 4.74 Å². The van der Waals surface area contributed by atoms with Gasteiger partial charge in [-0.25, -0.2) is 13.4 Å². The Balaban J connectivity index is 2.18. The van der Waals surface area contributed by atoms with Gasteiger partial charge >= 0.3 is 5.97 Å². The van der Waals surface area contributed by atoms with Gasteiger partial charge in [0.2, 0.25) is 0 Å². The van der Waals surface area contributed by atoms with Crippen molar-refractivity contribution in [3.63, 3.8) is 0 Å². The Morgan fingerprint density at radius 3 is 2.70 bits per heavy atom. The van der Waals surface area contributed by atoms with Crippen LogP contribution in [0.15, 0.2) is 47.4 Å². The molecule has 0 amide bonds.